The van der Waals surface area contributed by atoms with Crippen molar-refractivity contribution in [3.05, 3.63) is 58.9 Å². The van der Waals surface area contributed by atoms with Gasteiger partial charge in [0.05, 0.1) is 17.6 Å². The molecule has 118 valence electrons. The molecule has 0 atom stereocenters. The number of benzene rings is 1. The van der Waals surface area contributed by atoms with E-state index in [9.17, 15) is 9.18 Å². The van der Waals surface area contributed by atoms with Crippen molar-refractivity contribution >= 4 is 17.3 Å². The molecule has 0 saturated heterocycles. The first-order valence-electron chi connectivity index (χ1n) is 6.67. The van der Waals surface area contributed by atoms with Crippen LogP contribution in [0.1, 0.15) is 16.1 Å². The minimum absolute atomic E-state index is 0.0542. The summed E-state index contributed by atoms with van der Waals surface area (Å²) >= 11 is 1.52. The maximum atomic E-state index is 13.6. The molecule has 0 aliphatic rings. The number of thiophene rings is 1. The monoisotopic (exact) mass is 333 g/mol. The predicted molar refractivity (Wildman–Crippen MR) is 81.9 cm³/mol. The molecule has 0 fully saturated rings. The number of esters is 1. The van der Waals surface area contributed by atoms with Gasteiger partial charge in [0.1, 0.15) is 12.3 Å². The Bertz CT molecular complexity index is 813. The van der Waals surface area contributed by atoms with Gasteiger partial charge in [-0.3, -0.25) is 0 Å². The molecule has 0 aliphatic heterocycles. The van der Waals surface area contributed by atoms with E-state index in [2.05, 4.69) is 5.16 Å². The number of carbonyl (C=O) groups excluding carboxylic acids is 1. The molecule has 0 N–H and O–H groups in total. The molecule has 2 aromatic heterocycles. The standard InChI is InChI=1S/C16H12FNO4S/c1-20-13-5-4-10(7-12(13)17)16(19)21-9-11-8-14(22-18-11)15-3-2-6-23-15/h2-8H,9H2,1H3. The van der Waals surface area contributed by atoms with Crippen LogP contribution in [-0.4, -0.2) is 18.2 Å². The van der Waals surface area contributed by atoms with Crippen LogP contribution in [0.5, 0.6) is 5.75 Å². The van der Waals surface area contributed by atoms with E-state index in [0.717, 1.165) is 10.9 Å². The van der Waals surface area contributed by atoms with Crippen LogP contribution in [0.4, 0.5) is 4.39 Å². The molecule has 0 saturated carbocycles. The lowest BCUT2D eigenvalue weighted by Gasteiger charge is -2.05. The fraction of sp³-hybridized carbons (Fsp3) is 0.125. The number of halogens is 1. The van der Waals surface area contributed by atoms with Crippen LogP contribution in [-0.2, 0) is 11.3 Å². The van der Waals surface area contributed by atoms with Crippen molar-refractivity contribution in [2.24, 2.45) is 0 Å². The Kier molecular flexibility index (Phi) is 4.38. The van der Waals surface area contributed by atoms with Crippen LogP contribution in [0, 0.1) is 5.82 Å². The lowest BCUT2D eigenvalue weighted by atomic mass is 10.2. The summed E-state index contributed by atoms with van der Waals surface area (Å²) in [6.07, 6.45) is 0. The summed E-state index contributed by atoms with van der Waals surface area (Å²) in [5.74, 6) is -0.587. The van der Waals surface area contributed by atoms with E-state index in [1.807, 2.05) is 17.5 Å². The van der Waals surface area contributed by atoms with Crippen LogP contribution in [0.3, 0.4) is 0 Å². The highest BCUT2D eigenvalue weighted by molar-refractivity contribution is 7.13. The summed E-state index contributed by atoms with van der Waals surface area (Å²) in [6.45, 7) is -0.0542. The SMILES string of the molecule is COc1ccc(C(=O)OCc2cc(-c3cccs3)on2)cc1F. The molecule has 7 heteroatoms. The average Bonchev–Trinajstić information content (AvgIpc) is 3.23. The number of methoxy groups -OCH3 is 1. The third kappa shape index (κ3) is 3.40. The Hall–Kier alpha value is -2.67. The van der Waals surface area contributed by atoms with Crippen LogP contribution >= 0.6 is 11.3 Å². The second kappa shape index (κ2) is 6.62. The van der Waals surface area contributed by atoms with Crippen molar-refractivity contribution in [1.29, 1.82) is 0 Å². The first-order valence-corrected chi connectivity index (χ1v) is 7.55. The zero-order chi connectivity index (χ0) is 16.2. The summed E-state index contributed by atoms with van der Waals surface area (Å²) in [4.78, 5) is 12.9. The summed E-state index contributed by atoms with van der Waals surface area (Å²) in [5, 5.41) is 5.77. The Morgan fingerprint density at radius 2 is 2.22 bits per heavy atom. The largest absolute Gasteiger partial charge is 0.494 e. The fourth-order valence-corrected chi connectivity index (χ4v) is 2.60. The van der Waals surface area contributed by atoms with Crippen LogP contribution in [0.2, 0.25) is 0 Å². The molecule has 23 heavy (non-hydrogen) atoms. The zero-order valence-electron chi connectivity index (χ0n) is 12.1. The number of hydrogen-bond donors (Lipinski definition) is 0. The van der Waals surface area contributed by atoms with Gasteiger partial charge in [-0.15, -0.1) is 11.3 Å². The molecular weight excluding hydrogens is 321 g/mol. The second-order valence-corrected chi connectivity index (χ2v) is 5.53. The molecule has 0 bridgehead atoms. The molecular formula is C16H12FNO4S. The number of hydrogen-bond acceptors (Lipinski definition) is 6. The summed E-state index contributed by atoms with van der Waals surface area (Å²) < 4.78 is 28.7. The average molecular weight is 333 g/mol. The van der Waals surface area contributed by atoms with Gasteiger partial charge in [-0.25, -0.2) is 9.18 Å². The number of rotatable bonds is 5. The smallest absolute Gasteiger partial charge is 0.338 e. The highest BCUT2D eigenvalue weighted by Gasteiger charge is 2.13. The molecule has 0 aliphatic carbocycles. The van der Waals surface area contributed by atoms with Gasteiger partial charge in [0.25, 0.3) is 0 Å². The normalized spacial score (nSPS) is 10.5. The van der Waals surface area contributed by atoms with Gasteiger partial charge in [-0.05, 0) is 29.6 Å². The maximum absolute atomic E-state index is 13.6. The van der Waals surface area contributed by atoms with Gasteiger partial charge < -0.3 is 14.0 Å². The van der Waals surface area contributed by atoms with Gasteiger partial charge in [-0.1, -0.05) is 11.2 Å². The molecule has 0 unspecified atom stereocenters. The third-order valence-electron chi connectivity index (χ3n) is 3.06. The van der Waals surface area contributed by atoms with Crippen molar-refractivity contribution in [2.45, 2.75) is 6.61 Å². The Labute approximate surface area is 135 Å². The van der Waals surface area contributed by atoms with Gasteiger partial charge in [0.2, 0.25) is 0 Å². The van der Waals surface area contributed by atoms with Crippen molar-refractivity contribution in [2.75, 3.05) is 7.11 Å². The van der Waals surface area contributed by atoms with Gasteiger partial charge in [-0.2, -0.15) is 0 Å². The fourth-order valence-electron chi connectivity index (χ4n) is 1.93. The summed E-state index contributed by atoms with van der Waals surface area (Å²) in [5.41, 5.74) is 0.584. The minimum atomic E-state index is -0.646. The highest BCUT2D eigenvalue weighted by Crippen LogP contribution is 2.25. The van der Waals surface area contributed by atoms with E-state index in [1.54, 1.807) is 6.07 Å². The minimum Gasteiger partial charge on any atom is -0.494 e. The van der Waals surface area contributed by atoms with Crippen molar-refractivity contribution < 1.29 is 23.2 Å². The number of ether oxygens (including phenoxy) is 2. The maximum Gasteiger partial charge on any atom is 0.338 e. The zero-order valence-corrected chi connectivity index (χ0v) is 12.9. The molecule has 3 aromatic rings. The molecule has 5 nitrogen and oxygen atoms in total. The number of carbonyl (C=O) groups is 1. The third-order valence-corrected chi connectivity index (χ3v) is 3.95. The second-order valence-electron chi connectivity index (χ2n) is 4.59. The number of aromatic nitrogens is 1. The van der Waals surface area contributed by atoms with E-state index in [4.69, 9.17) is 14.0 Å². The topological polar surface area (TPSA) is 61.6 Å². The molecule has 1 aromatic carbocycles. The van der Waals surface area contributed by atoms with Gasteiger partial charge >= 0.3 is 5.97 Å². The Balaban J connectivity index is 1.64. The van der Waals surface area contributed by atoms with E-state index < -0.39 is 11.8 Å². The van der Waals surface area contributed by atoms with E-state index in [0.29, 0.717) is 11.5 Å². The van der Waals surface area contributed by atoms with E-state index in [1.165, 1.54) is 30.6 Å². The van der Waals surface area contributed by atoms with Gasteiger partial charge in [0, 0.05) is 6.07 Å². The quantitative estimate of drug-likeness (QED) is 0.663. The Morgan fingerprint density at radius 3 is 2.91 bits per heavy atom. The predicted octanol–water partition coefficient (Wildman–Crippen LogP) is 3.91. The van der Waals surface area contributed by atoms with Crippen LogP contribution < -0.4 is 4.74 Å². The molecule has 3 rings (SSSR count). The Morgan fingerprint density at radius 1 is 1.35 bits per heavy atom. The molecule has 0 amide bonds. The van der Waals surface area contributed by atoms with Gasteiger partial charge in [0.15, 0.2) is 17.3 Å². The lowest BCUT2D eigenvalue weighted by Crippen LogP contribution is -2.06. The summed E-state index contributed by atoms with van der Waals surface area (Å²) in [7, 11) is 1.35. The van der Waals surface area contributed by atoms with Crippen LogP contribution in [0.25, 0.3) is 10.6 Å². The summed E-state index contributed by atoms with van der Waals surface area (Å²) in [6, 6.07) is 9.39. The first-order chi connectivity index (χ1) is 11.2. The van der Waals surface area contributed by atoms with E-state index >= 15 is 0 Å². The molecule has 2 heterocycles. The van der Waals surface area contributed by atoms with E-state index in [-0.39, 0.29) is 17.9 Å². The number of nitrogens with zero attached hydrogens (tertiary/aromatic N) is 1. The molecule has 0 radical (unpaired) electrons. The van der Waals surface area contributed by atoms with Crippen molar-refractivity contribution in [3.63, 3.8) is 0 Å². The van der Waals surface area contributed by atoms with Crippen LogP contribution in [0.15, 0.2) is 46.3 Å². The van der Waals surface area contributed by atoms with Crippen molar-refractivity contribution in [1.82, 2.24) is 5.16 Å². The molecule has 0 spiro atoms. The lowest BCUT2D eigenvalue weighted by molar-refractivity contribution is 0.0463. The first kappa shape index (κ1) is 15.2. The highest BCUT2D eigenvalue weighted by atomic mass is 32.1. The van der Waals surface area contributed by atoms with Crippen molar-refractivity contribution in [3.8, 4) is 16.4 Å².